The second-order valence-corrected chi connectivity index (χ2v) is 8.63. The van der Waals surface area contributed by atoms with Crippen LogP contribution in [0, 0.1) is 5.82 Å². The number of benzene rings is 1. The molecule has 0 N–H and O–H groups in total. The zero-order valence-electron chi connectivity index (χ0n) is 20.4. The molecule has 4 rings (SSSR count). The Morgan fingerprint density at radius 2 is 1.91 bits per heavy atom. The Labute approximate surface area is 203 Å². The van der Waals surface area contributed by atoms with Crippen molar-refractivity contribution >= 4 is 5.91 Å². The van der Waals surface area contributed by atoms with Crippen molar-refractivity contribution in [1.29, 1.82) is 0 Å². The smallest absolute Gasteiger partial charge is 0.259 e. The van der Waals surface area contributed by atoms with Gasteiger partial charge >= 0.3 is 0 Å². The van der Waals surface area contributed by atoms with Gasteiger partial charge in [0.15, 0.2) is 11.6 Å². The molecule has 1 aromatic carbocycles. The third-order valence-electron chi connectivity index (χ3n) is 6.60. The highest BCUT2D eigenvalue weighted by molar-refractivity contribution is 5.98. The predicted octanol–water partition coefficient (Wildman–Crippen LogP) is 3.49. The lowest BCUT2D eigenvalue weighted by molar-refractivity contribution is 0.0720. The van der Waals surface area contributed by atoms with Gasteiger partial charge in [0.25, 0.3) is 11.5 Å². The molecular formula is C26H30FN3O5. The van der Waals surface area contributed by atoms with Gasteiger partial charge in [-0.15, -0.1) is 0 Å². The summed E-state index contributed by atoms with van der Waals surface area (Å²) < 4.78 is 31.5. The van der Waals surface area contributed by atoms with Crippen LogP contribution in [0.5, 0.6) is 11.5 Å². The van der Waals surface area contributed by atoms with Crippen LogP contribution in [0.4, 0.5) is 4.39 Å². The van der Waals surface area contributed by atoms with Crippen molar-refractivity contribution in [3.63, 3.8) is 0 Å². The van der Waals surface area contributed by atoms with E-state index in [1.807, 2.05) is 13.0 Å². The second-order valence-electron chi connectivity index (χ2n) is 8.63. The average Bonchev–Trinajstić information content (AvgIpc) is 3.32. The molecule has 1 aliphatic rings. The number of methoxy groups -OCH3 is 2. The Bertz CT molecular complexity index is 1250. The minimum absolute atomic E-state index is 0.197. The lowest BCUT2D eigenvalue weighted by Gasteiger charge is -2.26. The molecule has 3 aromatic rings. The maximum absolute atomic E-state index is 13.8. The topological polar surface area (TPSA) is 77.2 Å². The van der Waals surface area contributed by atoms with Crippen molar-refractivity contribution in [3.8, 4) is 11.5 Å². The van der Waals surface area contributed by atoms with Crippen LogP contribution in [0.3, 0.4) is 0 Å². The van der Waals surface area contributed by atoms with Crippen LogP contribution in [0.2, 0.25) is 0 Å². The number of hydrogen-bond donors (Lipinski definition) is 0. The van der Waals surface area contributed by atoms with Gasteiger partial charge in [0, 0.05) is 51.4 Å². The maximum Gasteiger partial charge on any atom is 0.259 e. The number of nitrogens with zero attached hydrogens (tertiary/aromatic N) is 3. The molecule has 0 fully saturated rings. The molecule has 2 aromatic heterocycles. The van der Waals surface area contributed by atoms with Crippen LogP contribution >= 0.6 is 0 Å². The van der Waals surface area contributed by atoms with Crippen LogP contribution < -0.4 is 15.0 Å². The normalized spacial score (nSPS) is 14.7. The highest BCUT2D eigenvalue weighted by Crippen LogP contribution is 2.28. The summed E-state index contributed by atoms with van der Waals surface area (Å²) in [5.74, 6) is 0.477. The Morgan fingerprint density at radius 3 is 2.60 bits per heavy atom. The van der Waals surface area contributed by atoms with Crippen molar-refractivity contribution in [3.05, 3.63) is 81.4 Å². The Balaban J connectivity index is 1.62. The largest absolute Gasteiger partial charge is 0.496 e. The summed E-state index contributed by atoms with van der Waals surface area (Å²) in [6.45, 7) is 4.09. The van der Waals surface area contributed by atoms with Crippen molar-refractivity contribution in [2.24, 2.45) is 0 Å². The van der Waals surface area contributed by atoms with Gasteiger partial charge in [-0.25, -0.2) is 4.39 Å². The molecule has 0 aliphatic carbocycles. The average molecular weight is 484 g/mol. The zero-order chi connectivity index (χ0) is 25.1. The van der Waals surface area contributed by atoms with Crippen molar-refractivity contribution < 1.29 is 23.1 Å². The molecule has 0 spiro atoms. The third-order valence-corrected chi connectivity index (χ3v) is 6.60. The van der Waals surface area contributed by atoms with E-state index in [1.54, 1.807) is 41.0 Å². The van der Waals surface area contributed by atoms with Gasteiger partial charge in [-0.1, -0.05) is 6.07 Å². The fourth-order valence-corrected chi connectivity index (χ4v) is 4.48. The van der Waals surface area contributed by atoms with E-state index in [0.717, 1.165) is 5.56 Å². The van der Waals surface area contributed by atoms with Crippen LogP contribution in [0.15, 0.2) is 51.9 Å². The molecule has 1 aliphatic heterocycles. The van der Waals surface area contributed by atoms with Gasteiger partial charge in [0.05, 0.1) is 26.5 Å². The minimum Gasteiger partial charge on any atom is -0.496 e. The number of carbonyl (C=O) groups is 1. The van der Waals surface area contributed by atoms with Crippen LogP contribution in [0.25, 0.3) is 0 Å². The first-order chi connectivity index (χ1) is 16.8. The predicted molar refractivity (Wildman–Crippen MR) is 128 cm³/mol. The fourth-order valence-electron chi connectivity index (χ4n) is 4.48. The number of hydrogen-bond acceptors (Lipinski definition) is 6. The molecule has 0 saturated heterocycles. The third kappa shape index (κ3) is 4.95. The number of aromatic nitrogens is 1. The number of ether oxygens (including phenoxy) is 2. The van der Waals surface area contributed by atoms with Gasteiger partial charge in [-0.2, -0.15) is 0 Å². The van der Waals surface area contributed by atoms with Gasteiger partial charge in [-0.05, 0) is 36.8 Å². The highest BCUT2D eigenvalue weighted by atomic mass is 19.1. The summed E-state index contributed by atoms with van der Waals surface area (Å²) in [5.41, 5.74) is 1.73. The molecule has 1 atom stereocenters. The first-order valence-electron chi connectivity index (χ1n) is 11.5. The number of pyridine rings is 1. The van der Waals surface area contributed by atoms with E-state index in [-0.39, 0.29) is 29.0 Å². The fraction of sp³-hybridized carbons (Fsp3) is 0.385. The van der Waals surface area contributed by atoms with Crippen molar-refractivity contribution in [2.75, 3.05) is 34.4 Å². The SMILES string of the molecule is COc1cc(CN2CCc3c(C(=O)N(C)[C@H](C)c4ccco4)c(OC)cc(=O)n3CC2)ccc1F. The van der Waals surface area contributed by atoms with Crippen molar-refractivity contribution in [2.45, 2.75) is 32.5 Å². The van der Waals surface area contributed by atoms with Gasteiger partial charge in [0.1, 0.15) is 17.1 Å². The second kappa shape index (κ2) is 10.4. The van der Waals surface area contributed by atoms with Crippen LogP contribution in [-0.2, 0) is 19.5 Å². The molecule has 0 unspecified atom stereocenters. The standard InChI is InChI=1S/C26H30FN3O5/c1-17(21-6-5-13-35-21)28(2)26(32)25-20-9-10-29(11-12-30(20)24(31)15-23(25)34-4)16-18-7-8-19(27)22(14-18)33-3/h5-8,13-15,17H,9-12,16H2,1-4H3/t17-/m1/s1. The summed E-state index contributed by atoms with van der Waals surface area (Å²) in [6, 6.07) is 9.48. The van der Waals surface area contributed by atoms with E-state index in [1.165, 1.54) is 26.4 Å². The van der Waals surface area contributed by atoms with Gasteiger partial charge in [-0.3, -0.25) is 14.5 Å². The summed E-state index contributed by atoms with van der Waals surface area (Å²) >= 11 is 0. The Hall–Kier alpha value is -3.59. The first-order valence-corrected chi connectivity index (χ1v) is 11.5. The van der Waals surface area contributed by atoms with Gasteiger partial charge in [0.2, 0.25) is 0 Å². The molecule has 35 heavy (non-hydrogen) atoms. The number of amides is 1. The quantitative estimate of drug-likeness (QED) is 0.512. The Morgan fingerprint density at radius 1 is 1.14 bits per heavy atom. The van der Waals surface area contributed by atoms with Crippen LogP contribution in [-0.4, -0.2) is 54.6 Å². The van der Waals surface area contributed by atoms with E-state index >= 15 is 0 Å². The van der Waals surface area contributed by atoms with Crippen LogP contribution in [0.1, 0.15) is 40.3 Å². The van der Waals surface area contributed by atoms with Crippen molar-refractivity contribution in [1.82, 2.24) is 14.4 Å². The summed E-state index contributed by atoms with van der Waals surface area (Å²) in [7, 11) is 4.61. The molecule has 0 radical (unpaired) electrons. The van der Waals surface area contributed by atoms with Gasteiger partial charge < -0.3 is 23.4 Å². The lowest BCUT2D eigenvalue weighted by atomic mass is 10.1. The zero-order valence-corrected chi connectivity index (χ0v) is 20.4. The molecular weight excluding hydrogens is 453 g/mol. The maximum atomic E-state index is 13.8. The highest BCUT2D eigenvalue weighted by Gasteiger charge is 2.29. The molecule has 8 nitrogen and oxygen atoms in total. The monoisotopic (exact) mass is 483 g/mol. The number of halogens is 1. The van der Waals surface area contributed by atoms with E-state index < -0.39 is 5.82 Å². The summed E-state index contributed by atoms with van der Waals surface area (Å²) in [4.78, 5) is 30.3. The van der Waals surface area contributed by atoms with E-state index in [0.29, 0.717) is 49.6 Å². The molecule has 3 heterocycles. The Kier molecular flexibility index (Phi) is 7.25. The minimum atomic E-state index is -0.408. The summed E-state index contributed by atoms with van der Waals surface area (Å²) in [5, 5.41) is 0. The first kappa shape index (κ1) is 24.5. The lowest BCUT2D eigenvalue weighted by Crippen LogP contribution is -2.34. The van der Waals surface area contributed by atoms with E-state index in [9.17, 15) is 14.0 Å². The molecule has 186 valence electrons. The number of fused-ring (bicyclic) bond motifs is 1. The van der Waals surface area contributed by atoms with E-state index in [4.69, 9.17) is 13.9 Å². The summed E-state index contributed by atoms with van der Waals surface area (Å²) in [6.07, 6.45) is 2.05. The molecule has 1 amide bonds. The number of rotatable bonds is 7. The molecule has 0 bridgehead atoms. The number of furan rings is 1. The molecule has 9 heteroatoms. The molecule has 0 saturated carbocycles. The van der Waals surface area contributed by atoms with E-state index in [2.05, 4.69) is 4.90 Å². The number of carbonyl (C=O) groups excluding carboxylic acids is 1.